The number of rotatable bonds is 4. The van der Waals surface area contributed by atoms with Crippen molar-refractivity contribution in [3.8, 4) is 11.5 Å². The Labute approximate surface area is 105 Å². The molecule has 0 saturated carbocycles. The molecule has 4 nitrogen and oxygen atoms in total. The normalized spacial score (nSPS) is 15.4. The van der Waals surface area contributed by atoms with Gasteiger partial charge >= 0.3 is 0 Å². The van der Waals surface area contributed by atoms with Crippen molar-refractivity contribution in [2.45, 2.75) is 11.8 Å². The van der Waals surface area contributed by atoms with Crippen LogP contribution in [-0.2, 0) is 0 Å². The molecule has 1 aromatic carbocycles. The molecule has 17 heavy (non-hydrogen) atoms. The van der Waals surface area contributed by atoms with Gasteiger partial charge in [0.15, 0.2) is 11.5 Å². The van der Waals surface area contributed by atoms with Gasteiger partial charge in [0.1, 0.15) is 13.2 Å². The van der Waals surface area contributed by atoms with Gasteiger partial charge in [0.2, 0.25) is 0 Å². The summed E-state index contributed by atoms with van der Waals surface area (Å²) in [4.78, 5) is 1.11. The van der Waals surface area contributed by atoms with Gasteiger partial charge in [-0.1, -0.05) is 6.92 Å². The van der Waals surface area contributed by atoms with E-state index in [9.17, 15) is 0 Å². The maximum atomic E-state index is 7.34. The Morgan fingerprint density at radius 2 is 2.12 bits per heavy atom. The lowest BCUT2D eigenvalue weighted by Crippen LogP contribution is -2.21. The molecule has 1 aliphatic rings. The molecule has 1 atom stereocenters. The summed E-state index contributed by atoms with van der Waals surface area (Å²) in [5.74, 6) is 2.73. The maximum Gasteiger partial charge on any atom is 0.162 e. The smallest absolute Gasteiger partial charge is 0.162 e. The second-order valence-corrected chi connectivity index (χ2v) is 5.07. The molecule has 0 bridgehead atoms. The van der Waals surface area contributed by atoms with Crippen LogP contribution >= 0.6 is 11.8 Å². The molecule has 0 aromatic heterocycles. The molecule has 0 fully saturated rings. The first kappa shape index (κ1) is 12.1. The van der Waals surface area contributed by atoms with Crippen LogP contribution < -0.4 is 15.2 Å². The highest BCUT2D eigenvalue weighted by Gasteiger charge is 2.12. The number of benzene rings is 1. The fourth-order valence-electron chi connectivity index (χ4n) is 1.42. The molecule has 0 amide bonds. The fraction of sp³-hybridized carbons (Fsp3) is 0.417. The number of amidine groups is 1. The summed E-state index contributed by atoms with van der Waals surface area (Å²) in [6.07, 6.45) is 0. The van der Waals surface area contributed by atoms with Crippen molar-refractivity contribution in [3.63, 3.8) is 0 Å². The van der Waals surface area contributed by atoms with Crippen LogP contribution in [0, 0.1) is 11.3 Å². The minimum atomic E-state index is 0.0909. The van der Waals surface area contributed by atoms with E-state index in [4.69, 9.17) is 20.6 Å². The second kappa shape index (κ2) is 5.31. The van der Waals surface area contributed by atoms with Crippen LogP contribution in [0.4, 0.5) is 0 Å². The summed E-state index contributed by atoms with van der Waals surface area (Å²) in [5.41, 5.74) is 5.44. The topological polar surface area (TPSA) is 68.3 Å². The molecule has 0 saturated heterocycles. The maximum absolute atomic E-state index is 7.34. The van der Waals surface area contributed by atoms with E-state index in [1.54, 1.807) is 11.8 Å². The van der Waals surface area contributed by atoms with Crippen molar-refractivity contribution in [3.05, 3.63) is 18.2 Å². The first-order valence-electron chi connectivity index (χ1n) is 5.53. The van der Waals surface area contributed by atoms with Crippen molar-refractivity contribution in [2.24, 2.45) is 11.7 Å². The summed E-state index contributed by atoms with van der Waals surface area (Å²) >= 11 is 1.67. The molecule has 92 valence electrons. The van der Waals surface area contributed by atoms with E-state index < -0.39 is 0 Å². The standard InChI is InChI=1S/C12H16N2O2S/c1-8(12(13)14)7-17-9-2-3-10-11(6-9)16-5-4-15-10/h2-3,6,8H,4-5,7H2,1H3,(H3,13,14). The molecule has 5 heteroatoms. The second-order valence-electron chi connectivity index (χ2n) is 3.97. The third kappa shape index (κ3) is 3.06. The summed E-state index contributed by atoms with van der Waals surface area (Å²) in [6.45, 7) is 3.17. The van der Waals surface area contributed by atoms with Crippen LogP contribution in [0.3, 0.4) is 0 Å². The molecular formula is C12H16N2O2S. The number of thioether (sulfide) groups is 1. The molecule has 2 rings (SSSR count). The third-order valence-corrected chi connectivity index (χ3v) is 3.80. The van der Waals surface area contributed by atoms with Crippen LogP contribution in [0.15, 0.2) is 23.1 Å². The lowest BCUT2D eigenvalue weighted by atomic mass is 10.2. The molecule has 1 heterocycles. The number of hydrogen-bond donors (Lipinski definition) is 2. The molecule has 0 radical (unpaired) electrons. The molecule has 1 aromatic rings. The zero-order chi connectivity index (χ0) is 12.3. The molecular weight excluding hydrogens is 236 g/mol. The Kier molecular flexibility index (Phi) is 3.78. The predicted octanol–water partition coefficient (Wildman–Crippen LogP) is 2.12. The van der Waals surface area contributed by atoms with Gasteiger partial charge in [-0.15, -0.1) is 11.8 Å². The van der Waals surface area contributed by atoms with Gasteiger partial charge in [0.25, 0.3) is 0 Å². The SMILES string of the molecule is CC(CSc1ccc2c(c1)OCCO2)C(=N)N. The van der Waals surface area contributed by atoms with Crippen LogP contribution in [-0.4, -0.2) is 24.8 Å². The number of nitrogens with two attached hydrogens (primary N) is 1. The van der Waals surface area contributed by atoms with E-state index in [0.29, 0.717) is 13.2 Å². The quantitative estimate of drug-likeness (QED) is 0.489. The van der Waals surface area contributed by atoms with E-state index in [-0.39, 0.29) is 11.8 Å². The summed E-state index contributed by atoms with van der Waals surface area (Å²) in [5, 5.41) is 7.34. The Bertz CT molecular complexity index is 423. The highest BCUT2D eigenvalue weighted by Crippen LogP contribution is 2.34. The van der Waals surface area contributed by atoms with Crippen molar-refractivity contribution >= 4 is 17.6 Å². The first-order valence-corrected chi connectivity index (χ1v) is 6.51. The molecule has 1 aliphatic heterocycles. The number of fused-ring (bicyclic) bond motifs is 1. The van der Waals surface area contributed by atoms with Gasteiger partial charge in [0, 0.05) is 16.6 Å². The van der Waals surface area contributed by atoms with Crippen molar-refractivity contribution in [2.75, 3.05) is 19.0 Å². The summed E-state index contributed by atoms with van der Waals surface area (Å²) in [6, 6.07) is 5.91. The number of nitrogens with one attached hydrogen (secondary N) is 1. The average Bonchev–Trinajstić information content (AvgIpc) is 2.35. The molecule has 0 spiro atoms. The van der Waals surface area contributed by atoms with Gasteiger partial charge in [-0.25, -0.2) is 0 Å². The monoisotopic (exact) mass is 252 g/mol. The van der Waals surface area contributed by atoms with Crippen LogP contribution in [0.25, 0.3) is 0 Å². The van der Waals surface area contributed by atoms with Crippen molar-refractivity contribution < 1.29 is 9.47 Å². The van der Waals surface area contributed by atoms with E-state index >= 15 is 0 Å². The summed E-state index contributed by atoms with van der Waals surface area (Å²) < 4.78 is 11.0. The zero-order valence-corrected chi connectivity index (χ0v) is 10.5. The fourth-order valence-corrected chi connectivity index (χ4v) is 2.40. The number of ether oxygens (including phenoxy) is 2. The minimum Gasteiger partial charge on any atom is -0.486 e. The van der Waals surface area contributed by atoms with E-state index in [1.165, 1.54) is 0 Å². The summed E-state index contributed by atoms with van der Waals surface area (Å²) in [7, 11) is 0. The van der Waals surface area contributed by atoms with Gasteiger partial charge < -0.3 is 15.2 Å². The first-order chi connectivity index (χ1) is 8.16. The lowest BCUT2D eigenvalue weighted by molar-refractivity contribution is 0.171. The largest absolute Gasteiger partial charge is 0.486 e. The van der Waals surface area contributed by atoms with Crippen LogP contribution in [0.5, 0.6) is 11.5 Å². The number of hydrogen-bond acceptors (Lipinski definition) is 4. The molecule has 0 aliphatic carbocycles. The zero-order valence-electron chi connectivity index (χ0n) is 9.73. The third-order valence-electron chi connectivity index (χ3n) is 2.54. The Balaban J connectivity index is 2.00. The van der Waals surface area contributed by atoms with Gasteiger partial charge in [0.05, 0.1) is 5.84 Å². The van der Waals surface area contributed by atoms with Gasteiger partial charge in [-0.3, -0.25) is 5.41 Å². The Morgan fingerprint density at radius 1 is 1.41 bits per heavy atom. The van der Waals surface area contributed by atoms with Gasteiger partial charge in [-0.2, -0.15) is 0 Å². The van der Waals surface area contributed by atoms with E-state index in [2.05, 4.69) is 0 Å². The van der Waals surface area contributed by atoms with Crippen molar-refractivity contribution in [1.82, 2.24) is 0 Å². The predicted molar refractivity (Wildman–Crippen MR) is 69.2 cm³/mol. The van der Waals surface area contributed by atoms with Gasteiger partial charge in [-0.05, 0) is 18.2 Å². The average molecular weight is 252 g/mol. The molecule has 3 N–H and O–H groups in total. The Morgan fingerprint density at radius 3 is 2.82 bits per heavy atom. The highest BCUT2D eigenvalue weighted by molar-refractivity contribution is 7.99. The van der Waals surface area contributed by atoms with Crippen LogP contribution in [0.2, 0.25) is 0 Å². The Hall–Kier alpha value is -1.36. The van der Waals surface area contributed by atoms with Crippen molar-refractivity contribution in [1.29, 1.82) is 5.41 Å². The molecule has 1 unspecified atom stereocenters. The minimum absolute atomic E-state index is 0.0909. The van der Waals surface area contributed by atoms with Crippen LogP contribution in [0.1, 0.15) is 6.92 Å². The highest BCUT2D eigenvalue weighted by atomic mass is 32.2. The van der Waals surface area contributed by atoms with E-state index in [0.717, 1.165) is 22.1 Å². The lowest BCUT2D eigenvalue weighted by Gasteiger charge is -2.19. The van der Waals surface area contributed by atoms with E-state index in [1.807, 2.05) is 25.1 Å².